The SMILES string of the molecule is O=C1c2oc3ccc(F)cc3c(=O)c2[C@H](c2ccccn2)N1CCN1CCOCC1. The summed E-state index contributed by atoms with van der Waals surface area (Å²) in [5.74, 6) is -0.869. The van der Waals surface area contributed by atoms with Crippen LogP contribution in [0.25, 0.3) is 11.0 Å². The average molecular weight is 409 g/mol. The summed E-state index contributed by atoms with van der Waals surface area (Å²) in [5.41, 5.74) is 0.598. The van der Waals surface area contributed by atoms with Crippen molar-refractivity contribution in [2.75, 3.05) is 39.4 Å². The van der Waals surface area contributed by atoms with Crippen LogP contribution >= 0.6 is 0 Å². The number of nitrogens with zero attached hydrogens (tertiary/aromatic N) is 3. The first-order valence-corrected chi connectivity index (χ1v) is 9.92. The predicted octanol–water partition coefficient (Wildman–Crippen LogP) is 2.20. The van der Waals surface area contributed by atoms with Crippen molar-refractivity contribution < 1.29 is 18.3 Å². The van der Waals surface area contributed by atoms with Crippen LogP contribution in [-0.2, 0) is 4.74 Å². The highest BCUT2D eigenvalue weighted by Crippen LogP contribution is 2.37. The standard InChI is InChI=1S/C22H20FN3O4/c23-14-4-5-17-15(13-14)20(27)18-19(16-3-1-2-6-24-16)26(22(28)21(18)30-17)8-7-25-9-11-29-12-10-25/h1-6,13,19H,7-12H2/t19-/m0/s1. The van der Waals surface area contributed by atoms with Crippen LogP contribution in [0.15, 0.2) is 51.8 Å². The zero-order valence-corrected chi connectivity index (χ0v) is 16.2. The monoisotopic (exact) mass is 409 g/mol. The number of halogens is 1. The summed E-state index contributed by atoms with van der Waals surface area (Å²) >= 11 is 0. The van der Waals surface area contributed by atoms with E-state index in [0.29, 0.717) is 32.0 Å². The minimum absolute atomic E-state index is 0.0109. The van der Waals surface area contributed by atoms with Gasteiger partial charge in [0.2, 0.25) is 5.76 Å². The molecular formula is C22H20FN3O4. The molecule has 8 heteroatoms. The minimum Gasteiger partial charge on any atom is -0.450 e. The maximum Gasteiger partial charge on any atom is 0.291 e. The molecule has 0 saturated carbocycles. The molecule has 0 unspecified atom stereocenters. The van der Waals surface area contributed by atoms with E-state index in [1.807, 2.05) is 6.07 Å². The number of carbonyl (C=O) groups is 1. The van der Waals surface area contributed by atoms with Gasteiger partial charge in [0.25, 0.3) is 5.91 Å². The fraction of sp³-hybridized carbons (Fsp3) is 0.318. The molecule has 0 bridgehead atoms. The van der Waals surface area contributed by atoms with Gasteiger partial charge in [-0.2, -0.15) is 0 Å². The first kappa shape index (κ1) is 18.9. The van der Waals surface area contributed by atoms with Gasteiger partial charge < -0.3 is 14.1 Å². The first-order valence-electron chi connectivity index (χ1n) is 9.92. The molecular weight excluding hydrogens is 389 g/mol. The molecule has 154 valence electrons. The van der Waals surface area contributed by atoms with E-state index in [-0.39, 0.29) is 28.2 Å². The molecule has 1 aromatic carbocycles. The van der Waals surface area contributed by atoms with Crippen molar-refractivity contribution in [3.63, 3.8) is 0 Å². The number of aromatic nitrogens is 1. The molecule has 2 aliphatic rings. The molecule has 0 spiro atoms. The summed E-state index contributed by atoms with van der Waals surface area (Å²) in [4.78, 5) is 34.8. The van der Waals surface area contributed by atoms with Gasteiger partial charge in [-0.25, -0.2) is 4.39 Å². The van der Waals surface area contributed by atoms with E-state index >= 15 is 0 Å². The van der Waals surface area contributed by atoms with Gasteiger partial charge >= 0.3 is 0 Å². The van der Waals surface area contributed by atoms with E-state index in [9.17, 15) is 14.0 Å². The second-order valence-electron chi connectivity index (χ2n) is 7.42. The molecule has 5 rings (SSSR count). The highest BCUT2D eigenvalue weighted by atomic mass is 19.1. The van der Waals surface area contributed by atoms with E-state index in [0.717, 1.165) is 19.2 Å². The smallest absolute Gasteiger partial charge is 0.291 e. The van der Waals surface area contributed by atoms with Gasteiger partial charge in [-0.15, -0.1) is 0 Å². The molecule has 3 aromatic rings. The summed E-state index contributed by atoms with van der Waals surface area (Å²) in [6.07, 6.45) is 1.63. The van der Waals surface area contributed by atoms with Crippen LogP contribution in [0.1, 0.15) is 27.9 Å². The fourth-order valence-electron chi connectivity index (χ4n) is 4.14. The van der Waals surface area contributed by atoms with Gasteiger partial charge in [0.15, 0.2) is 5.43 Å². The van der Waals surface area contributed by atoms with Crippen molar-refractivity contribution in [3.05, 3.63) is 75.7 Å². The quantitative estimate of drug-likeness (QED) is 0.658. The summed E-state index contributed by atoms with van der Waals surface area (Å²) < 4.78 is 25.0. The summed E-state index contributed by atoms with van der Waals surface area (Å²) in [6, 6.07) is 8.45. The third-order valence-corrected chi connectivity index (χ3v) is 5.66. The van der Waals surface area contributed by atoms with Crippen LogP contribution in [0.2, 0.25) is 0 Å². The Labute approximate surface area is 171 Å². The molecule has 2 aromatic heterocycles. The Bertz CT molecular complexity index is 1160. The Morgan fingerprint density at radius 1 is 1.10 bits per heavy atom. The van der Waals surface area contributed by atoms with Crippen LogP contribution in [-0.4, -0.2) is 60.1 Å². The predicted molar refractivity (Wildman–Crippen MR) is 107 cm³/mol. The molecule has 0 N–H and O–H groups in total. The van der Waals surface area contributed by atoms with Crippen LogP contribution in [0.5, 0.6) is 0 Å². The number of carbonyl (C=O) groups excluding carboxylic acids is 1. The largest absolute Gasteiger partial charge is 0.450 e. The molecule has 0 radical (unpaired) electrons. The number of benzene rings is 1. The average Bonchev–Trinajstić information content (AvgIpc) is 3.06. The molecule has 1 fully saturated rings. The number of pyridine rings is 1. The second-order valence-corrected chi connectivity index (χ2v) is 7.42. The lowest BCUT2D eigenvalue weighted by atomic mass is 10.0. The Morgan fingerprint density at radius 2 is 1.93 bits per heavy atom. The minimum atomic E-state index is -0.668. The highest BCUT2D eigenvalue weighted by molar-refractivity contribution is 5.99. The molecule has 2 aliphatic heterocycles. The van der Waals surface area contributed by atoms with Crippen molar-refractivity contribution in [1.82, 2.24) is 14.8 Å². The number of hydrogen-bond donors (Lipinski definition) is 0. The van der Waals surface area contributed by atoms with E-state index in [4.69, 9.17) is 9.15 Å². The lowest BCUT2D eigenvalue weighted by Crippen LogP contribution is -2.42. The van der Waals surface area contributed by atoms with Crippen molar-refractivity contribution in [2.45, 2.75) is 6.04 Å². The summed E-state index contributed by atoms with van der Waals surface area (Å²) in [7, 11) is 0. The maximum atomic E-state index is 13.8. The van der Waals surface area contributed by atoms with Crippen molar-refractivity contribution >= 4 is 16.9 Å². The number of fused-ring (bicyclic) bond motifs is 2. The van der Waals surface area contributed by atoms with Crippen LogP contribution in [0.3, 0.4) is 0 Å². The van der Waals surface area contributed by atoms with Gasteiger partial charge in [-0.1, -0.05) is 6.07 Å². The number of morpholine rings is 1. The van der Waals surface area contributed by atoms with Crippen LogP contribution < -0.4 is 5.43 Å². The molecule has 1 atom stereocenters. The molecule has 7 nitrogen and oxygen atoms in total. The molecule has 4 heterocycles. The van der Waals surface area contributed by atoms with E-state index < -0.39 is 17.3 Å². The van der Waals surface area contributed by atoms with E-state index in [2.05, 4.69) is 9.88 Å². The van der Waals surface area contributed by atoms with Crippen molar-refractivity contribution in [1.29, 1.82) is 0 Å². The van der Waals surface area contributed by atoms with Gasteiger partial charge in [0.05, 0.1) is 29.9 Å². The van der Waals surface area contributed by atoms with Crippen LogP contribution in [0, 0.1) is 5.82 Å². The Kier molecular flexibility index (Phi) is 4.80. The maximum absolute atomic E-state index is 13.8. The fourth-order valence-corrected chi connectivity index (χ4v) is 4.14. The van der Waals surface area contributed by atoms with Gasteiger partial charge in [-0.05, 0) is 30.3 Å². The van der Waals surface area contributed by atoms with Crippen LogP contribution in [0.4, 0.5) is 4.39 Å². The van der Waals surface area contributed by atoms with E-state index in [1.165, 1.54) is 12.1 Å². The second kappa shape index (κ2) is 7.62. The van der Waals surface area contributed by atoms with E-state index in [1.54, 1.807) is 23.2 Å². The lowest BCUT2D eigenvalue weighted by molar-refractivity contribution is 0.0314. The molecule has 30 heavy (non-hydrogen) atoms. The molecule has 1 saturated heterocycles. The zero-order valence-electron chi connectivity index (χ0n) is 16.2. The normalized spacial score (nSPS) is 19.4. The molecule has 0 aliphatic carbocycles. The Morgan fingerprint density at radius 3 is 2.70 bits per heavy atom. The Balaban J connectivity index is 1.60. The third-order valence-electron chi connectivity index (χ3n) is 5.66. The Hall–Kier alpha value is -3.10. The zero-order chi connectivity index (χ0) is 20.7. The first-order chi connectivity index (χ1) is 14.6. The number of hydrogen-bond acceptors (Lipinski definition) is 6. The topological polar surface area (TPSA) is 75.9 Å². The number of rotatable bonds is 4. The highest BCUT2D eigenvalue weighted by Gasteiger charge is 2.43. The van der Waals surface area contributed by atoms with Gasteiger partial charge in [0.1, 0.15) is 17.4 Å². The lowest BCUT2D eigenvalue weighted by Gasteiger charge is -2.30. The molecule has 1 amide bonds. The van der Waals surface area contributed by atoms with Gasteiger partial charge in [0, 0.05) is 32.4 Å². The number of ether oxygens (including phenoxy) is 1. The van der Waals surface area contributed by atoms with Crippen molar-refractivity contribution in [3.8, 4) is 0 Å². The summed E-state index contributed by atoms with van der Waals surface area (Å²) in [6.45, 7) is 3.97. The third kappa shape index (κ3) is 3.18. The summed E-state index contributed by atoms with van der Waals surface area (Å²) in [5, 5.41) is 0.123. The van der Waals surface area contributed by atoms with Crippen molar-refractivity contribution in [2.24, 2.45) is 0 Å². The number of amides is 1. The van der Waals surface area contributed by atoms with Gasteiger partial charge in [-0.3, -0.25) is 19.5 Å².